The summed E-state index contributed by atoms with van der Waals surface area (Å²) in [6, 6.07) is 13.2. The van der Waals surface area contributed by atoms with E-state index in [0.29, 0.717) is 24.4 Å². The highest BCUT2D eigenvalue weighted by molar-refractivity contribution is 7.89. The van der Waals surface area contributed by atoms with E-state index in [1.165, 1.54) is 11.4 Å². The topological polar surface area (TPSA) is 72.6 Å². The van der Waals surface area contributed by atoms with Crippen molar-refractivity contribution in [2.45, 2.75) is 30.7 Å². The van der Waals surface area contributed by atoms with Crippen molar-refractivity contribution in [3.8, 4) is 5.75 Å². The second-order valence-corrected chi connectivity index (χ2v) is 8.49. The number of nitrogens with zero attached hydrogens (tertiary/aromatic N) is 1. The number of halogens is 1. The van der Waals surface area contributed by atoms with Crippen LogP contribution >= 0.6 is 12.4 Å². The number of hydrogen-bond donors (Lipinski definition) is 1. The number of benzene rings is 2. The lowest BCUT2D eigenvalue weighted by Gasteiger charge is -2.20. The summed E-state index contributed by atoms with van der Waals surface area (Å²) in [5.74, 6) is 0.377. The van der Waals surface area contributed by atoms with E-state index < -0.39 is 10.0 Å². The van der Waals surface area contributed by atoms with E-state index in [2.05, 4.69) is 0 Å². The molecule has 1 fully saturated rings. The fourth-order valence-corrected chi connectivity index (χ4v) is 5.41. The Bertz CT molecular complexity index is 872. The fraction of sp³-hybridized carbons (Fsp3) is 0.368. The zero-order valence-corrected chi connectivity index (χ0v) is 16.8. The van der Waals surface area contributed by atoms with Gasteiger partial charge in [-0.15, -0.1) is 12.4 Å². The molecular weight excluding hydrogens is 372 g/mol. The lowest BCUT2D eigenvalue weighted by molar-refractivity contribution is 0.396. The van der Waals surface area contributed by atoms with E-state index in [9.17, 15) is 8.42 Å². The van der Waals surface area contributed by atoms with Gasteiger partial charge in [0.15, 0.2) is 0 Å². The number of rotatable bonds is 4. The molecule has 2 atom stereocenters. The average molecular weight is 397 g/mol. The van der Waals surface area contributed by atoms with Crippen LogP contribution in [0.25, 0.3) is 0 Å². The average Bonchev–Trinajstić information content (AvgIpc) is 2.97. The van der Waals surface area contributed by atoms with Crippen LogP contribution in [0, 0.1) is 13.8 Å². The maximum Gasteiger partial charge on any atom is 0.247 e. The van der Waals surface area contributed by atoms with Gasteiger partial charge in [0.05, 0.1) is 7.11 Å². The Kier molecular flexibility index (Phi) is 6.34. The number of sulfonamides is 1. The highest BCUT2D eigenvalue weighted by Gasteiger charge is 2.40. The molecule has 1 heterocycles. The molecule has 26 heavy (non-hydrogen) atoms. The molecule has 0 radical (unpaired) electrons. The van der Waals surface area contributed by atoms with Crippen molar-refractivity contribution in [2.24, 2.45) is 5.73 Å². The first-order valence-corrected chi connectivity index (χ1v) is 9.74. The molecule has 1 aliphatic rings. The molecular formula is C19H25ClN2O3S. The minimum absolute atomic E-state index is 0. The minimum Gasteiger partial charge on any atom is -0.495 e. The Morgan fingerprint density at radius 1 is 1.12 bits per heavy atom. The fourth-order valence-electron chi connectivity index (χ4n) is 3.57. The molecule has 0 aromatic heterocycles. The molecule has 0 aliphatic carbocycles. The van der Waals surface area contributed by atoms with E-state index in [-0.39, 0.29) is 29.3 Å². The lowest BCUT2D eigenvalue weighted by Crippen LogP contribution is -2.32. The number of hydrogen-bond acceptors (Lipinski definition) is 4. The normalized spacial score (nSPS) is 20.6. The summed E-state index contributed by atoms with van der Waals surface area (Å²) < 4.78 is 33.4. The Hall–Kier alpha value is -1.60. The minimum atomic E-state index is -3.67. The largest absolute Gasteiger partial charge is 0.495 e. The first-order chi connectivity index (χ1) is 11.8. The third-order valence-corrected chi connectivity index (χ3v) is 6.78. The summed E-state index contributed by atoms with van der Waals surface area (Å²) in [6.07, 6.45) is 0. The summed E-state index contributed by atoms with van der Waals surface area (Å²) >= 11 is 0. The summed E-state index contributed by atoms with van der Waals surface area (Å²) in [6.45, 7) is 4.40. The van der Waals surface area contributed by atoms with Crippen LogP contribution in [-0.4, -0.2) is 39.0 Å². The Morgan fingerprint density at radius 2 is 1.77 bits per heavy atom. The van der Waals surface area contributed by atoms with E-state index in [1.807, 2.05) is 43.3 Å². The van der Waals surface area contributed by atoms with Crippen LogP contribution in [0.3, 0.4) is 0 Å². The molecule has 2 aromatic rings. The number of aryl methyl sites for hydroxylation is 2. The lowest BCUT2D eigenvalue weighted by atomic mass is 9.95. The predicted octanol–water partition coefficient (Wildman–Crippen LogP) is 2.85. The van der Waals surface area contributed by atoms with Gasteiger partial charge in [0.1, 0.15) is 10.6 Å². The maximum absolute atomic E-state index is 13.3. The molecule has 0 unspecified atom stereocenters. The molecule has 0 bridgehead atoms. The molecule has 0 saturated carbocycles. The van der Waals surface area contributed by atoms with E-state index >= 15 is 0 Å². The van der Waals surface area contributed by atoms with Gasteiger partial charge in [-0.1, -0.05) is 36.4 Å². The van der Waals surface area contributed by atoms with Gasteiger partial charge in [0.25, 0.3) is 0 Å². The molecule has 1 aliphatic heterocycles. The van der Waals surface area contributed by atoms with Crippen LogP contribution in [0.4, 0.5) is 0 Å². The van der Waals surface area contributed by atoms with Crippen LogP contribution in [-0.2, 0) is 10.0 Å². The Morgan fingerprint density at radius 3 is 2.38 bits per heavy atom. The van der Waals surface area contributed by atoms with Crippen molar-refractivity contribution in [3.63, 3.8) is 0 Å². The van der Waals surface area contributed by atoms with Gasteiger partial charge in [-0.25, -0.2) is 8.42 Å². The monoisotopic (exact) mass is 396 g/mol. The van der Waals surface area contributed by atoms with Crippen LogP contribution in [0.5, 0.6) is 5.75 Å². The summed E-state index contributed by atoms with van der Waals surface area (Å²) in [7, 11) is -2.18. The van der Waals surface area contributed by atoms with E-state index in [0.717, 1.165) is 11.1 Å². The quantitative estimate of drug-likeness (QED) is 0.862. The zero-order valence-electron chi connectivity index (χ0n) is 15.2. The second-order valence-electron chi connectivity index (χ2n) is 6.62. The molecule has 0 amide bonds. The molecule has 2 N–H and O–H groups in total. The second kappa shape index (κ2) is 7.96. The summed E-state index contributed by atoms with van der Waals surface area (Å²) in [5.41, 5.74) is 9.00. The highest BCUT2D eigenvalue weighted by Crippen LogP contribution is 2.35. The Balaban J connectivity index is 0.00000243. The smallest absolute Gasteiger partial charge is 0.247 e. The van der Waals surface area contributed by atoms with Crippen molar-refractivity contribution >= 4 is 22.4 Å². The van der Waals surface area contributed by atoms with Gasteiger partial charge < -0.3 is 10.5 Å². The Labute approximate surface area is 161 Å². The van der Waals surface area contributed by atoms with Crippen LogP contribution < -0.4 is 10.5 Å². The number of methoxy groups -OCH3 is 1. The molecule has 0 spiro atoms. The third-order valence-electron chi connectivity index (χ3n) is 4.76. The van der Waals surface area contributed by atoms with Gasteiger partial charge >= 0.3 is 0 Å². The molecule has 1 saturated heterocycles. The number of nitrogens with two attached hydrogens (primary N) is 1. The molecule has 5 nitrogen and oxygen atoms in total. The van der Waals surface area contributed by atoms with Crippen molar-refractivity contribution in [3.05, 3.63) is 59.2 Å². The number of ether oxygens (including phenoxy) is 1. The van der Waals surface area contributed by atoms with E-state index in [1.54, 1.807) is 13.0 Å². The van der Waals surface area contributed by atoms with E-state index in [4.69, 9.17) is 10.5 Å². The predicted molar refractivity (Wildman–Crippen MR) is 106 cm³/mol. The van der Waals surface area contributed by atoms with Crippen LogP contribution in [0.2, 0.25) is 0 Å². The zero-order chi connectivity index (χ0) is 18.2. The standard InChI is InChI=1S/C19H24N2O3S.ClH/c1-13-9-14(2)19(18(10-13)24-3)25(22,23)21-11-16(17(20)12-21)15-7-5-4-6-8-15;/h4-10,16-17H,11-12,20H2,1-3H3;1H/t16-,17+;/m0./s1. The summed E-state index contributed by atoms with van der Waals surface area (Å²) in [5, 5.41) is 0. The van der Waals surface area contributed by atoms with Crippen LogP contribution in [0.15, 0.2) is 47.4 Å². The SMILES string of the molecule is COc1cc(C)cc(C)c1S(=O)(=O)N1C[C@@H](N)[C@H](c2ccccc2)C1.Cl. The van der Waals surface area contributed by atoms with Crippen molar-refractivity contribution < 1.29 is 13.2 Å². The van der Waals surface area contributed by atoms with Crippen molar-refractivity contribution in [1.29, 1.82) is 0 Å². The highest BCUT2D eigenvalue weighted by atomic mass is 35.5. The van der Waals surface area contributed by atoms with Crippen molar-refractivity contribution in [2.75, 3.05) is 20.2 Å². The summed E-state index contributed by atoms with van der Waals surface area (Å²) in [4.78, 5) is 0.238. The molecule has 2 aromatic carbocycles. The third kappa shape index (κ3) is 3.74. The molecule has 7 heteroatoms. The van der Waals surface area contributed by atoms with Gasteiger partial charge in [-0.05, 0) is 36.6 Å². The van der Waals surface area contributed by atoms with Crippen LogP contribution in [0.1, 0.15) is 22.6 Å². The van der Waals surface area contributed by atoms with Gasteiger partial charge in [-0.3, -0.25) is 0 Å². The molecule has 142 valence electrons. The molecule has 3 rings (SSSR count). The van der Waals surface area contributed by atoms with Gasteiger partial charge in [-0.2, -0.15) is 4.31 Å². The van der Waals surface area contributed by atoms with Crippen molar-refractivity contribution in [1.82, 2.24) is 4.31 Å². The van der Waals surface area contributed by atoms with Gasteiger partial charge in [0, 0.05) is 25.0 Å². The van der Waals surface area contributed by atoms with Gasteiger partial charge in [0.2, 0.25) is 10.0 Å². The first kappa shape index (κ1) is 20.7. The first-order valence-electron chi connectivity index (χ1n) is 8.30. The maximum atomic E-state index is 13.3.